The van der Waals surface area contributed by atoms with Gasteiger partial charge in [-0.05, 0) is 36.8 Å². The van der Waals surface area contributed by atoms with Gasteiger partial charge in [0.1, 0.15) is 0 Å². The van der Waals surface area contributed by atoms with Gasteiger partial charge in [0.25, 0.3) is 0 Å². The summed E-state index contributed by atoms with van der Waals surface area (Å²) in [4.78, 5) is 4.62. The number of aryl methyl sites for hydroxylation is 1. The second kappa shape index (κ2) is 4.90. The van der Waals surface area contributed by atoms with Crippen molar-refractivity contribution in [3.05, 3.63) is 51.7 Å². The van der Waals surface area contributed by atoms with Crippen LogP contribution < -0.4 is 10.6 Å². The fourth-order valence-corrected chi connectivity index (χ4v) is 2.69. The molecule has 0 radical (unpaired) electrons. The monoisotopic (exact) mass is 246 g/mol. The topological polar surface area (TPSA) is 29.3 Å². The van der Waals surface area contributed by atoms with Gasteiger partial charge in [0.05, 0.1) is 6.04 Å². The molecule has 0 fully saturated rings. The Morgan fingerprint density at radius 3 is 2.53 bits per heavy atom. The molecule has 90 valence electrons. The first-order chi connectivity index (χ1) is 8.08. The molecule has 0 aliphatic rings. The molecule has 2 aromatic rings. The fourth-order valence-electron chi connectivity index (χ4n) is 1.78. The van der Waals surface area contributed by atoms with Crippen molar-refractivity contribution in [2.24, 2.45) is 5.73 Å². The van der Waals surface area contributed by atoms with Gasteiger partial charge in [0.15, 0.2) is 0 Å². The lowest BCUT2D eigenvalue weighted by Gasteiger charge is -2.16. The first-order valence-corrected chi connectivity index (χ1v) is 6.49. The molecule has 0 spiro atoms. The van der Waals surface area contributed by atoms with E-state index in [0.717, 1.165) is 5.56 Å². The first-order valence-electron chi connectivity index (χ1n) is 5.67. The number of anilines is 1. The summed E-state index contributed by atoms with van der Waals surface area (Å²) in [5.41, 5.74) is 8.64. The molecule has 2 N–H and O–H groups in total. The van der Waals surface area contributed by atoms with E-state index in [9.17, 15) is 0 Å². The highest BCUT2D eigenvalue weighted by molar-refractivity contribution is 7.12. The number of hydrogen-bond donors (Lipinski definition) is 1. The lowest BCUT2D eigenvalue weighted by molar-refractivity contribution is 0.892. The van der Waals surface area contributed by atoms with Gasteiger partial charge in [-0.3, -0.25) is 0 Å². The van der Waals surface area contributed by atoms with Crippen LogP contribution in [0.1, 0.15) is 21.4 Å². The maximum atomic E-state index is 6.29. The third kappa shape index (κ3) is 2.68. The van der Waals surface area contributed by atoms with Crippen molar-refractivity contribution < 1.29 is 0 Å². The molecule has 2 nitrogen and oxygen atoms in total. The molecule has 1 aromatic heterocycles. The Bertz CT molecular complexity index is 502. The van der Waals surface area contributed by atoms with Gasteiger partial charge in [-0.1, -0.05) is 12.1 Å². The van der Waals surface area contributed by atoms with E-state index in [0.29, 0.717) is 0 Å². The van der Waals surface area contributed by atoms with E-state index >= 15 is 0 Å². The molecule has 1 aromatic carbocycles. The molecular formula is C14H18N2S. The smallest absolute Gasteiger partial charge is 0.0646 e. The molecule has 3 heteroatoms. The van der Waals surface area contributed by atoms with Crippen LogP contribution in [0.15, 0.2) is 36.4 Å². The molecule has 0 amide bonds. The third-order valence-corrected chi connectivity index (χ3v) is 3.90. The number of hydrogen-bond acceptors (Lipinski definition) is 3. The van der Waals surface area contributed by atoms with Crippen molar-refractivity contribution in [3.63, 3.8) is 0 Å². The van der Waals surface area contributed by atoms with E-state index in [2.05, 4.69) is 48.2 Å². The number of benzene rings is 1. The van der Waals surface area contributed by atoms with E-state index in [-0.39, 0.29) is 6.04 Å². The third-order valence-electron chi connectivity index (χ3n) is 2.81. The Hall–Kier alpha value is -1.32. The standard InChI is InChI=1S/C14H18N2S/c1-10-7-8-13(17-10)14(15)11-5-4-6-12(9-11)16(2)3/h4-9,14H,15H2,1-3H3. The lowest BCUT2D eigenvalue weighted by atomic mass is 10.1. The van der Waals surface area contributed by atoms with Crippen LogP contribution in [0.2, 0.25) is 0 Å². The van der Waals surface area contributed by atoms with Gasteiger partial charge in [-0.25, -0.2) is 0 Å². The van der Waals surface area contributed by atoms with Crippen LogP contribution in [0.5, 0.6) is 0 Å². The molecule has 0 aliphatic heterocycles. The lowest BCUT2D eigenvalue weighted by Crippen LogP contribution is -2.13. The maximum Gasteiger partial charge on any atom is 0.0646 e. The van der Waals surface area contributed by atoms with Crippen LogP contribution in [0, 0.1) is 6.92 Å². The Labute approximate surface area is 107 Å². The Morgan fingerprint density at radius 1 is 1.18 bits per heavy atom. The fraction of sp³-hybridized carbons (Fsp3) is 0.286. The van der Waals surface area contributed by atoms with Crippen molar-refractivity contribution >= 4 is 17.0 Å². The second-order valence-corrected chi connectivity index (χ2v) is 5.73. The van der Waals surface area contributed by atoms with E-state index in [4.69, 9.17) is 5.73 Å². The average molecular weight is 246 g/mol. The quantitative estimate of drug-likeness (QED) is 0.901. The number of thiophene rings is 1. The van der Waals surface area contributed by atoms with Crippen molar-refractivity contribution in [1.29, 1.82) is 0 Å². The van der Waals surface area contributed by atoms with Crippen molar-refractivity contribution in [1.82, 2.24) is 0 Å². The first kappa shape index (κ1) is 12.1. The summed E-state index contributed by atoms with van der Waals surface area (Å²) >= 11 is 1.77. The van der Waals surface area contributed by atoms with Crippen LogP contribution >= 0.6 is 11.3 Å². The highest BCUT2D eigenvalue weighted by Gasteiger charge is 2.11. The molecule has 1 atom stereocenters. The number of rotatable bonds is 3. The molecule has 2 rings (SSSR count). The molecule has 0 saturated heterocycles. The predicted molar refractivity (Wildman–Crippen MR) is 75.9 cm³/mol. The van der Waals surface area contributed by atoms with E-state index < -0.39 is 0 Å². The van der Waals surface area contributed by atoms with Gasteiger partial charge in [-0.2, -0.15) is 0 Å². The van der Waals surface area contributed by atoms with E-state index in [1.54, 1.807) is 11.3 Å². The van der Waals surface area contributed by atoms with Gasteiger partial charge < -0.3 is 10.6 Å². The minimum absolute atomic E-state index is 0.0198. The van der Waals surface area contributed by atoms with Crippen LogP contribution in [0.4, 0.5) is 5.69 Å². The summed E-state index contributed by atoms with van der Waals surface area (Å²) in [5.74, 6) is 0. The highest BCUT2D eigenvalue weighted by atomic mass is 32.1. The Morgan fingerprint density at radius 2 is 1.94 bits per heavy atom. The Balaban J connectivity index is 2.30. The second-order valence-electron chi connectivity index (χ2n) is 4.42. The van der Waals surface area contributed by atoms with Gasteiger partial charge in [0, 0.05) is 29.5 Å². The zero-order valence-corrected chi connectivity index (χ0v) is 11.3. The summed E-state index contributed by atoms with van der Waals surface area (Å²) in [7, 11) is 4.08. The van der Waals surface area contributed by atoms with Crippen LogP contribution in [-0.2, 0) is 0 Å². The highest BCUT2D eigenvalue weighted by Crippen LogP contribution is 2.28. The summed E-state index contributed by atoms with van der Waals surface area (Å²) in [6.07, 6.45) is 0. The molecule has 0 saturated carbocycles. The molecule has 0 bridgehead atoms. The van der Waals surface area contributed by atoms with Crippen LogP contribution in [0.25, 0.3) is 0 Å². The molecule has 1 unspecified atom stereocenters. The van der Waals surface area contributed by atoms with Crippen LogP contribution in [-0.4, -0.2) is 14.1 Å². The SMILES string of the molecule is Cc1ccc(C(N)c2cccc(N(C)C)c2)s1. The maximum absolute atomic E-state index is 6.29. The minimum atomic E-state index is -0.0198. The van der Waals surface area contributed by atoms with Crippen molar-refractivity contribution in [3.8, 4) is 0 Å². The molecule has 0 aliphatic carbocycles. The van der Waals surface area contributed by atoms with Crippen molar-refractivity contribution in [2.45, 2.75) is 13.0 Å². The minimum Gasteiger partial charge on any atom is -0.378 e. The van der Waals surface area contributed by atoms with Crippen molar-refractivity contribution in [2.75, 3.05) is 19.0 Å². The zero-order chi connectivity index (χ0) is 12.4. The number of nitrogens with zero attached hydrogens (tertiary/aromatic N) is 1. The zero-order valence-electron chi connectivity index (χ0n) is 10.5. The molecular weight excluding hydrogens is 228 g/mol. The van der Waals surface area contributed by atoms with Gasteiger partial charge in [-0.15, -0.1) is 11.3 Å². The summed E-state index contributed by atoms with van der Waals surface area (Å²) in [5, 5.41) is 0. The summed E-state index contributed by atoms with van der Waals surface area (Å²) in [6, 6.07) is 12.6. The van der Waals surface area contributed by atoms with Gasteiger partial charge in [0.2, 0.25) is 0 Å². The summed E-state index contributed by atoms with van der Waals surface area (Å²) in [6.45, 7) is 2.11. The van der Waals surface area contributed by atoms with Crippen LogP contribution in [0.3, 0.4) is 0 Å². The van der Waals surface area contributed by atoms with E-state index in [1.165, 1.54) is 15.4 Å². The largest absolute Gasteiger partial charge is 0.378 e. The molecule has 17 heavy (non-hydrogen) atoms. The number of nitrogens with two attached hydrogens (primary N) is 1. The van der Waals surface area contributed by atoms with Gasteiger partial charge >= 0.3 is 0 Å². The van der Waals surface area contributed by atoms with E-state index in [1.807, 2.05) is 14.1 Å². The Kier molecular flexibility index (Phi) is 3.50. The summed E-state index contributed by atoms with van der Waals surface area (Å²) < 4.78 is 0. The normalized spacial score (nSPS) is 12.5. The molecule has 1 heterocycles. The predicted octanol–water partition coefficient (Wildman–Crippen LogP) is 3.17. The average Bonchev–Trinajstić information content (AvgIpc) is 2.75.